The van der Waals surface area contributed by atoms with E-state index in [0.29, 0.717) is 54.1 Å². The molecule has 1 saturated heterocycles. The number of primary amides is 1. The van der Waals surface area contributed by atoms with Crippen LogP contribution >= 0.6 is 23.5 Å². The van der Waals surface area contributed by atoms with Gasteiger partial charge in [0.25, 0.3) is 17.7 Å². The molecular weight excluding hydrogens is 1520 g/mol. The smallest absolute Gasteiger partial charge is 0.410 e. The molecular formula is C88H129N11O15S2. The van der Waals surface area contributed by atoms with Crippen LogP contribution in [0.15, 0.2) is 112 Å². The lowest BCUT2D eigenvalue weighted by atomic mass is 9.59. The van der Waals surface area contributed by atoms with Gasteiger partial charge in [0.2, 0.25) is 35.4 Å². The third-order valence-corrected chi connectivity index (χ3v) is 27.3. The number of aliphatic hydroxyl groups is 1. The van der Waals surface area contributed by atoms with Crippen LogP contribution in [0.4, 0.5) is 15.3 Å². The first-order valence-electron chi connectivity index (χ1n) is 41.5. The number of carbonyl (C=O) groups is 11. The van der Waals surface area contributed by atoms with Gasteiger partial charge in [-0.25, -0.2) is 14.6 Å². The second-order valence-electron chi connectivity index (χ2n) is 32.7. The summed E-state index contributed by atoms with van der Waals surface area (Å²) in [4.78, 5) is 164. The summed E-state index contributed by atoms with van der Waals surface area (Å²) in [5.41, 5.74) is 11.2. The molecule has 2 aromatic rings. The molecule has 2 aromatic carbocycles. The number of ether oxygens (including phenoxy) is 3. The molecule has 26 nitrogen and oxygen atoms in total. The van der Waals surface area contributed by atoms with Crippen molar-refractivity contribution in [3.05, 3.63) is 124 Å². The van der Waals surface area contributed by atoms with E-state index in [1.165, 1.54) is 38.6 Å². The van der Waals surface area contributed by atoms with Crippen LogP contribution in [0.5, 0.6) is 0 Å². The molecule has 15 atom stereocenters. The Hall–Kier alpha value is -8.44. The van der Waals surface area contributed by atoms with Crippen molar-refractivity contribution in [3.63, 3.8) is 0 Å². The Morgan fingerprint density at radius 1 is 0.733 bits per heavy atom. The summed E-state index contributed by atoms with van der Waals surface area (Å²) < 4.78 is 17.3. The predicted molar refractivity (Wildman–Crippen MR) is 456 cm³/mol. The van der Waals surface area contributed by atoms with E-state index in [1.807, 2.05) is 70.2 Å². The van der Waals surface area contributed by atoms with Crippen molar-refractivity contribution < 1.29 is 72.1 Å². The van der Waals surface area contributed by atoms with Crippen LogP contribution in [0.2, 0.25) is 0 Å². The van der Waals surface area contributed by atoms with E-state index in [2.05, 4.69) is 77.5 Å². The molecule has 2 aliphatic carbocycles. The molecule has 1 saturated carbocycles. The quantitative estimate of drug-likeness (QED) is 0.0185. The Labute approximate surface area is 695 Å². The van der Waals surface area contributed by atoms with Crippen LogP contribution in [0.3, 0.4) is 0 Å². The summed E-state index contributed by atoms with van der Waals surface area (Å²) in [5.74, 6) is -6.98. The minimum absolute atomic E-state index is 0.0225. The number of methoxy groups -OCH3 is 2. The molecule has 0 radical (unpaired) electrons. The number of fused-ring (bicyclic) bond motifs is 4. The number of urea groups is 1. The van der Waals surface area contributed by atoms with Crippen molar-refractivity contribution in [1.82, 2.24) is 40.9 Å². The zero-order valence-corrected chi connectivity index (χ0v) is 73.1. The van der Waals surface area contributed by atoms with E-state index < -0.39 is 132 Å². The van der Waals surface area contributed by atoms with E-state index in [1.54, 1.807) is 106 Å². The van der Waals surface area contributed by atoms with Gasteiger partial charge in [0.1, 0.15) is 31.3 Å². The Morgan fingerprint density at radius 3 is 1.95 bits per heavy atom. The fourth-order valence-electron chi connectivity index (χ4n) is 16.8. The number of thioether (sulfide) groups is 2. The van der Waals surface area contributed by atoms with Gasteiger partial charge in [-0.1, -0.05) is 189 Å². The van der Waals surface area contributed by atoms with Gasteiger partial charge in [-0.3, -0.25) is 53.0 Å². The van der Waals surface area contributed by atoms with Crippen molar-refractivity contribution in [2.75, 3.05) is 64.8 Å². The lowest BCUT2D eigenvalue weighted by Crippen LogP contribution is -2.63. The number of hydrogen-bond donors (Lipinski definition) is 7. The fraction of sp³-hybridized carbons (Fsp3) is 0.614. The van der Waals surface area contributed by atoms with Gasteiger partial charge in [-0.15, -0.1) is 23.5 Å². The Bertz CT molecular complexity index is 4010. The summed E-state index contributed by atoms with van der Waals surface area (Å²) >= 11 is 3.37. The number of unbranched alkanes of at least 4 members (excludes halogenated alkanes) is 1. The number of amides is 12. The predicted octanol–water partition coefficient (Wildman–Crippen LogP) is 11.4. The van der Waals surface area contributed by atoms with Gasteiger partial charge in [0.15, 0.2) is 0 Å². The van der Waals surface area contributed by atoms with Gasteiger partial charge in [0, 0.05) is 76.0 Å². The molecule has 0 spiro atoms. The van der Waals surface area contributed by atoms with Gasteiger partial charge >= 0.3 is 12.1 Å². The number of allylic oxidation sites excluding steroid dienone is 6. The average molecular weight is 1650 g/mol. The van der Waals surface area contributed by atoms with E-state index in [4.69, 9.17) is 19.9 Å². The van der Waals surface area contributed by atoms with Crippen molar-refractivity contribution in [1.29, 1.82) is 0 Å². The Balaban J connectivity index is 0.935. The first kappa shape index (κ1) is 94.7. The summed E-state index contributed by atoms with van der Waals surface area (Å²) in [6.07, 6.45) is 18.3. The number of likely N-dealkylation sites (N-methyl/N-ethyl adjacent to an activating group) is 2. The highest BCUT2D eigenvalue weighted by Crippen LogP contribution is 2.70. The van der Waals surface area contributed by atoms with Crippen LogP contribution in [-0.4, -0.2) is 214 Å². The zero-order chi connectivity index (χ0) is 85.6. The van der Waals surface area contributed by atoms with Crippen LogP contribution in [0, 0.1) is 35.5 Å². The van der Waals surface area contributed by atoms with Crippen LogP contribution in [-0.2, 0) is 64.0 Å². The van der Waals surface area contributed by atoms with Crippen molar-refractivity contribution in [3.8, 4) is 0 Å². The molecule has 0 bridgehead atoms. The molecule has 638 valence electrons. The highest BCUT2D eigenvalue weighted by molar-refractivity contribution is 8.05. The molecule has 5 aliphatic rings. The lowest BCUT2D eigenvalue weighted by molar-refractivity contribution is -0.147. The maximum absolute atomic E-state index is 14.9. The maximum atomic E-state index is 14.9. The number of nitrogens with one attached hydrogen (secondary N) is 5. The van der Waals surface area contributed by atoms with Gasteiger partial charge in [0.05, 0.1) is 64.2 Å². The SMILES string of the molecule is CCCCC(C)c1cccc([C@H](O)[C@@H](C)NC(=O)[C@H](C)[C@@H](OC)[C@@H]2CCCN2C(=O)C[C@@H](OC)[C@H]([C@@H](C)CC)N(C)C(=O)C(/C=N/C(=O)[C@H](C(C)C)N(C)C(=O)OCc2ccc(NC(=O)[C@H](CCCNC(N)=O)NC(=O)[C@@H](NC(=O)CN3C(=O)C4=C(CSC5(CCC)C6=C/C=C\C=C/C=C\6C5(CC)SC4)C3=O)C(C)C)cc2)C(C)C)c1. The maximum Gasteiger partial charge on any atom is 0.410 e. The zero-order valence-electron chi connectivity index (χ0n) is 71.4. The number of hydrogen-bond acceptors (Lipinski definition) is 17. The molecule has 2 fully saturated rings. The summed E-state index contributed by atoms with van der Waals surface area (Å²) in [6.45, 7) is 26.4. The number of benzene rings is 2. The third kappa shape index (κ3) is 22.7. The van der Waals surface area contributed by atoms with Crippen molar-refractivity contribution >= 4 is 101 Å². The first-order chi connectivity index (χ1) is 55.1. The fourth-order valence-corrected chi connectivity index (χ4v) is 20.7. The molecule has 3 heterocycles. The second-order valence-corrected chi connectivity index (χ2v) is 35.2. The van der Waals surface area contributed by atoms with E-state index >= 15 is 0 Å². The number of imide groups is 1. The molecule has 4 unspecified atom stereocenters. The molecule has 116 heavy (non-hydrogen) atoms. The highest BCUT2D eigenvalue weighted by Gasteiger charge is 2.66. The first-order valence-corrected chi connectivity index (χ1v) is 43.4. The number of likely N-dealkylation sites (tertiary alicyclic amines) is 1. The molecule has 28 heteroatoms. The average Bonchev–Trinajstić information content (AvgIpc) is 0.830. The summed E-state index contributed by atoms with van der Waals surface area (Å²) in [7, 11) is 6.13. The number of aliphatic hydroxyl groups excluding tert-OH is 1. The number of rotatable bonds is 41. The summed E-state index contributed by atoms with van der Waals surface area (Å²) in [5, 5.41) is 25.3. The minimum atomic E-state index is -1.21. The van der Waals surface area contributed by atoms with Crippen LogP contribution in [0.1, 0.15) is 203 Å². The lowest BCUT2D eigenvalue weighted by Gasteiger charge is -2.63. The third-order valence-electron chi connectivity index (χ3n) is 23.7. The standard InChI is InChI=1S/C88H129N11O15S2/c1-19-23-31-56(12)60-32-28-33-61(45-60)76(102)58(14)92-78(103)57(13)77(113-18)69-37-30-44-98(69)72(101)46-70(112-17)75(55(11)21-3)96(15)82(107)63(52(5)6)47-91-81(106)74(54(9)10)97(16)86(111)114-49-59-38-40-62(41-39-59)93-79(104)68(36-29-43-90-85(89)110)94-80(105)73(53(7)8)95-71(100)48-99-83(108)64-50-115-87(22-4)66-34-26-24-25-27-35-67(66)88(87,42-20-2)116-51-65(64)84(99)109/h24-28,32-35,38-41,45,47,52-58,63,68-70,73-77,102H,19-23,29-31,36-37,42-44,46,48-51H2,1-18H3,(H,92,103)(H,93,104)(H,94,105)(H,95,100)(H3,89,90,110)/b25-24?,26-24-,27-25-,34-26?,35-27?,66-34+,67-35+,91-47+/t55-,56?,57+,58+,63?,68-,69-,70+,73-,74-,75-,76+,77+,87?,88?/m0/s1. The number of aliphatic imine (C=N–C) groups is 1. The molecule has 12 amide bonds. The number of nitrogens with two attached hydrogens (primary N) is 1. The molecule has 3 aliphatic heterocycles. The summed E-state index contributed by atoms with van der Waals surface area (Å²) in [6, 6.07) is 8.26. The van der Waals surface area contributed by atoms with E-state index in [9.17, 15) is 57.8 Å². The highest BCUT2D eigenvalue weighted by atomic mass is 32.2. The van der Waals surface area contributed by atoms with Crippen LogP contribution in [0.25, 0.3) is 0 Å². The normalized spacial score (nSPS) is 22.6. The Kier molecular flexibility index (Phi) is 35.8. The number of nitrogens with zero attached hydrogens (tertiary/aromatic N) is 5. The topological polar surface area (TPSA) is 347 Å². The molecule has 0 aromatic heterocycles. The monoisotopic (exact) mass is 1640 g/mol. The van der Waals surface area contributed by atoms with Gasteiger partial charge in [-0.05, 0) is 121 Å². The largest absolute Gasteiger partial charge is 0.445 e. The molecule has 7 rings (SSSR count). The van der Waals surface area contributed by atoms with Gasteiger partial charge in [-0.2, -0.15) is 0 Å². The molecule has 8 N–H and O–H groups in total. The Morgan fingerprint density at radius 2 is 1.37 bits per heavy atom. The van der Waals surface area contributed by atoms with Crippen LogP contribution < -0.4 is 32.3 Å². The minimum Gasteiger partial charge on any atom is -0.445 e. The van der Waals surface area contributed by atoms with E-state index in [-0.39, 0.29) is 83.0 Å². The number of carbonyl (C=O) groups excluding carboxylic acids is 11. The van der Waals surface area contributed by atoms with Crippen molar-refractivity contribution in [2.45, 2.75) is 251 Å². The second kappa shape index (κ2) is 43.8. The van der Waals surface area contributed by atoms with Crippen molar-refractivity contribution in [2.24, 2.45) is 46.2 Å². The number of anilines is 1. The van der Waals surface area contributed by atoms with Gasteiger partial charge < -0.3 is 61.4 Å². The van der Waals surface area contributed by atoms with E-state index in [0.717, 1.165) is 59.5 Å².